The second-order valence-corrected chi connectivity index (χ2v) is 5.74. The summed E-state index contributed by atoms with van der Waals surface area (Å²) in [5.74, 6) is -0.130. The molecule has 21 heavy (non-hydrogen) atoms. The Bertz CT molecular complexity index is 742. The standard InChI is InChI=1S/C16H13NO3S/c1-17-12-9-10(7-8-11(12)15(18)16(17)19)21-14-6-4-3-5-13(14)20-2/h3-9H,1-2H3. The highest BCUT2D eigenvalue weighted by Crippen LogP contribution is 2.38. The van der Waals surface area contributed by atoms with Crippen LogP contribution in [0.15, 0.2) is 52.3 Å². The van der Waals surface area contributed by atoms with Crippen molar-refractivity contribution < 1.29 is 14.3 Å². The summed E-state index contributed by atoms with van der Waals surface area (Å²) in [5, 5.41) is 0. The predicted octanol–water partition coefficient (Wildman–Crippen LogP) is 3.01. The number of nitrogens with zero attached hydrogens (tertiary/aromatic N) is 1. The number of hydrogen-bond donors (Lipinski definition) is 0. The van der Waals surface area contributed by atoms with Gasteiger partial charge in [-0.2, -0.15) is 0 Å². The largest absolute Gasteiger partial charge is 0.496 e. The first-order valence-electron chi connectivity index (χ1n) is 6.39. The quantitative estimate of drug-likeness (QED) is 0.817. The van der Waals surface area contributed by atoms with E-state index in [2.05, 4.69) is 0 Å². The fourth-order valence-electron chi connectivity index (χ4n) is 2.25. The van der Waals surface area contributed by atoms with E-state index in [1.807, 2.05) is 36.4 Å². The first-order valence-corrected chi connectivity index (χ1v) is 7.21. The topological polar surface area (TPSA) is 46.6 Å². The van der Waals surface area contributed by atoms with Gasteiger partial charge in [-0.3, -0.25) is 9.59 Å². The van der Waals surface area contributed by atoms with Crippen LogP contribution in [0.2, 0.25) is 0 Å². The van der Waals surface area contributed by atoms with Crippen LogP contribution in [0.1, 0.15) is 10.4 Å². The van der Waals surface area contributed by atoms with Crippen molar-refractivity contribution >= 4 is 29.1 Å². The van der Waals surface area contributed by atoms with E-state index in [0.29, 0.717) is 11.3 Å². The van der Waals surface area contributed by atoms with Gasteiger partial charge in [-0.1, -0.05) is 23.9 Å². The zero-order valence-corrected chi connectivity index (χ0v) is 12.4. The molecule has 2 aromatic rings. The number of likely N-dealkylation sites (N-methyl/N-ethyl adjacent to an activating group) is 1. The van der Waals surface area contributed by atoms with Crippen LogP contribution in [-0.4, -0.2) is 25.8 Å². The maximum Gasteiger partial charge on any atom is 0.299 e. The minimum absolute atomic E-state index is 0.443. The molecule has 0 radical (unpaired) electrons. The van der Waals surface area contributed by atoms with Crippen LogP contribution in [0.4, 0.5) is 5.69 Å². The minimum atomic E-state index is -0.482. The third-order valence-corrected chi connectivity index (χ3v) is 4.42. The predicted molar refractivity (Wildman–Crippen MR) is 81.3 cm³/mol. The number of carbonyl (C=O) groups excluding carboxylic acids is 2. The van der Waals surface area contributed by atoms with Crippen molar-refractivity contribution in [3.05, 3.63) is 48.0 Å². The van der Waals surface area contributed by atoms with Gasteiger partial charge in [-0.15, -0.1) is 0 Å². The van der Waals surface area contributed by atoms with Crippen LogP contribution in [0.25, 0.3) is 0 Å². The molecule has 0 atom stereocenters. The molecule has 0 fully saturated rings. The third kappa shape index (κ3) is 2.29. The molecule has 0 bridgehead atoms. The Hall–Kier alpha value is -2.27. The molecule has 0 spiro atoms. The van der Waals surface area contributed by atoms with E-state index in [1.54, 1.807) is 20.2 Å². The molecule has 0 unspecified atom stereocenters. The fraction of sp³-hybridized carbons (Fsp3) is 0.125. The number of benzene rings is 2. The highest BCUT2D eigenvalue weighted by atomic mass is 32.2. The first-order chi connectivity index (χ1) is 10.1. The van der Waals surface area contributed by atoms with Crippen molar-refractivity contribution in [1.29, 1.82) is 0 Å². The SMILES string of the molecule is COc1ccccc1Sc1ccc2c(c1)N(C)C(=O)C2=O. The van der Waals surface area contributed by atoms with E-state index in [4.69, 9.17) is 4.74 Å². The number of para-hydroxylation sites is 1. The normalized spacial score (nSPS) is 13.5. The van der Waals surface area contributed by atoms with Crippen molar-refractivity contribution in [2.24, 2.45) is 0 Å². The number of fused-ring (bicyclic) bond motifs is 1. The Morgan fingerprint density at radius 1 is 1.10 bits per heavy atom. The zero-order valence-electron chi connectivity index (χ0n) is 11.6. The number of hydrogen-bond acceptors (Lipinski definition) is 4. The van der Waals surface area contributed by atoms with Gasteiger partial charge in [0.15, 0.2) is 0 Å². The average molecular weight is 299 g/mol. The molecule has 0 saturated heterocycles. The lowest BCUT2D eigenvalue weighted by Gasteiger charge is -2.11. The summed E-state index contributed by atoms with van der Waals surface area (Å²) in [5.41, 5.74) is 1.12. The average Bonchev–Trinajstić information content (AvgIpc) is 2.72. The Balaban J connectivity index is 1.96. The third-order valence-electron chi connectivity index (χ3n) is 3.37. The van der Waals surface area contributed by atoms with Gasteiger partial charge < -0.3 is 9.64 Å². The van der Waals surface area contributed by atoms with Gasteiger partial charge in [0.1, 0.15) is 5.75 Å². The summed E-state index contributed by atoms with van der Waals surface area (Å²) in [7, 11) is 3.25. The van der Waals surface area contributed by atoms with Crippen molar-refractivity contribution in [1.82, 2.24) is 0 Å². The molecule has 0 saturated carbocycles. The molecule has 0 aromatic heterocycles. The number of rotatable bonds is 3. The molecule has 106 valence electrons. The van der Waals surface area contributed by atoms with Gasteiger partial charge in [0.25, 0.3) is 11.7 Å². The van der Waals surface area contributed by atoms with Crippen LogP contribution in [-0.2, 0) is 4.79 Å². The number of Topliss-reactive ketones (excluding diaryl/α,β-unsaturated/α-hetero) is 1. The lowest BCUT2D eigenvalue weighted by atomic mass is 10.1. The second-order valence-electron chi connectivity index (χ2n) is 4.63. The van der Waals surface area contributed by atoms with Crippen LogP contribution < -0.4 is 9.64 Å². The van der Waals surface area contributed by atoms with Crippen LogP contribution in [0, 0.1) is 0 Å². The fourth-order valence-corrected chi connectivity index (χ4v) is 3.21. The second kappa shape index (κ2) is 5.26. The minimum Gasteiger partial charge on any atom is -0.496 e. The number of ether oxygens (including phenoxy) is 1. The van der Waals surface area contributed by atoms with E-state index >= 15 is 0 Å². The molecular formula is C16H13NO3S. The summed E-state index contributed by atoms with van der Waals surface area (Å²) in [6.07, 6.45) is 0. The van der Waals surface area contributed by atoms with Gasteiger partial charge in [-0.05, 0) is 30.3 Å². The molecule has 0 aliphatic carbocycles. The highest BCUT2D eigenvalue weighted by molar-refractivity contribution is 7.99. The number of amides is 1. The number of ketones is 1. The molecule has 1 aliphatic heterocycles. The molecule has 5 heteroatoms. The van der Waals surface area contributed by atoms with E-state index in [-0.39, 0.29) is 0 Å². The summed E-state index contributed by atoms with van der Waals surface area (Å²) in [4.78, 5) is 26.8. The Morgan fingerprint density at radius 3 is 2.62 bits per heavy atom. The van der Waals surface area contributed by atoms with Crippen molar-refractivity contribution in [2.75, 3.05) is 19.1 Å². The van der Waals surface area contributed by atoms with Crippen molar-refractivity contribution in [3.8, 4) is 5.75 Å². The van der Waals surface area contributed by atoms with Crippen molar-refractivity contribution in [3.63, 3.8) is 0 Å². The highest BCUT2D eigenvalue weighted by Gasteiger charge is 2.33. The number of methoxy groups -OCH3 is 1. The van der Waals surface area contributed by atoms with Crippen LogP contribution >= 0.6 is 11.8 Å². The molecule has 4 nitrogen and oxygen atoms in total. The first kappa shape index (κ1) is 13.7. The van der Waals surface area contributed by atoms with E-state index < -0.39 is 11.7 Å². The smallest absolute Gasteiger partial charge is 0.299 e. The van der Waals surface area contributed by atoms with E-state index in [1.165, 1.54) is 16.7 Å². The molecule has 3 rings (SSSR count). The lowest BCUT2D eigenvalue weighted by Crippen LogP contribution is -2.24. The molecule has 0 N–H and O–H groups in total. The van der Waals surface area contributed by atoms with Gasteiger partial charge in [0.2, 0.25) is 0 Å². The number of anilines is 1. The zero-order chi connectivity index (χ0) is 15.0. The van der Waals surface area contributed by atoms with Crippen LogP contribution in [0.5, 0.6) is 5.75 Å². The molecular weight excluding hydrogens is 286 g/mol. The summed E-state index contributed by atoms with van der Waals surface area (Å²) in [6, 6.07) is 13.1. The summed E-state index contributed by atoms with van der Waals surface area (Å²) in [6.45, 7) is 0. The lowest BCUT2D eigenvalue weighted by molar-refractivity contribution is -0.114. The maximum absolute atomic E-state index is 11.8. The Morgan fingerprint density at radius 2 is 1.86 bits per heavy atom. The molecule has 2 aromatic carbocycles. The van der Waals surface area contributed by atoms with Crippen molar-refractivity contribution in [2.45, 2.75) is 9.79 Å². The maximum atomic E-state index is 11.8. The van der Waals surface area contributed by atoms with Gasteiger partial charge in [-0.25, -0.2) is 0 Å². The Kier molecular flexibility index (Phi) is 3.43. The summed E-state index contributed by atoms with van der Waals surface area (Å²) < 4.78 is 5.33. The van der Waals surface area contributed by atoms with Crippen LogP contribution in [0.3, 0.4) is 0 Å². The van der Waals surface area contributed by atoms with Gasteiger partial charge in [0, 0.05) is 11.9 Å². The summed E-state index contributed by atoms with van der Waals surface area (Å²) >= 11 is 1.54. The molecule has 1 amide bonds. The van der Waals surface area contributed by atoms with E-state index in [0.717, 1.165) is 15.5 Å². The Labute approximate surface area is 126 Å². The molecule has 1 heterocycles. The van der Waals surface area contributed by atoms with Gasteiger partial charge in [0.05, 0.1) is 23.3 Å². The molecule has 1 aliphatic rings. The van der Waals surface area contributed by atoms with E-state index in [9.17, 15) is 9.59 Å². The van der Waals surface area contributed by atoms with Gasteiger partial charge >= 0.3 is 0 Å². The monoisotopic (exact) mass is 299 g/mol. The number of carbonyl (C=O) groups is 2.